The first-order valence-corrected chi connectivity index (χ1v) is 19.1. The SMILES string of the molecule is C/C=C(/[O][Ge]([CH2][Si](C)(C)C)[CH2][Si](C)(C)C)c1ccccc1. The van der Waals surface area contributed by atoms with Crippen LogP contribution in [0, 0.1) is 0 Å². The van der Waals surface area contributed by atoms with Gasteiger partial charge in [-0.1, -0.05) is 0 Å². The molecule has 0 heterocycles. The van der Waals surface area contributed by atoms with E-state index in [0.717, 1.165) is 5.76 Å². The summed E-state index contributed by atoms with van der Waals surface area (Å²) in [6.45, 7) is 17.0. The second kappa shape index (κ2) is 7.84. The van der Waals surface area contributed by atoms with E-state index in [1.165, 1.54) is 15.3 Å². The van der Waals surface area contributed by atoms with Gasteiger partial charge in [0.05, 0.1) is 0 Å². The van der Waals surface area contributed by atoms with Crippen LogP contribution in [0.2, 0.25) is 49.0 Å². The average Bonchev–Trinajstić information content (AvgIpc) is 2.33. The minimum absolute atomic E-state index is 1.06. The Morgan fingerprint density at radius 3 is 1.81 bits per heavy atom. The van der Waals surface area contributed by atoms with Gasteiger partial charge in [0.15, 0.2) is 0 Å². The zero-order valence-corrected chi connectivity index (χ0v) is 18.9. The number of hydrogen-bond acceptors (Lipinski definition) is 1. The molecule has 0 unspecified atom stereocenters. The molecule has 0 atom stereocenters. The van der Waals surface area contributed by atoms with Crippen LogP contribution >= 0.6 is 0 Å². The van der Waals surface area contributed by atoms with E-state index in [9.17, 15) is 0 Å². The summed E-state index contributed by atoms with van der Waals surface area (Å²) in [7, 11) is -2.11. The third kappa shape index (κ3) is 8.07. The van der Waals surface area contributed by atoms with Gasteiger partial charge in [0.25, 0.3) is 0 Å². The average molecular weight is 380 g/mol. The number of benzene rings is 1. The van der Waals surface area contributed by atoms with E-state index in [-0.39, 0.29) is 0 Å². The van der Waals surface area contributed by atoms with Crippen LogP contribution in [0.4, 0.5) is 0 Å². The molecule has 1 radical (unpaired) electrons. The fraction of sp³-hybridized carbons (Fsp3) is 0.529. The van der Waals surface area contributed by atoms with Gasteiger partial charge in [0, 0.05) is 0 Å². The van der Waals surface area contributed by atoms with E-state index < -0.39 is 30.8 Å². The van der Waals surface area contributed by atoms with Crippen LogP contribution in [-0.4, -0.2) is 30.8 Å². The fourth-order valence-electron chi connectivity index (χ4n) is 2.36. The standard InChI is InChI=1S/C17H31GeOSi2/c1-8-17(16-12-10-9-11-13-16)19-18(14-20(2,3)4)15-21(5,6)7/h8-13H,14-15H2,1-7H3/b17-8+. The molecule has 0 saturated carbocycles. The Hall–Kier alpha value is -0.263. The van der Waals surface area contributed by atoms with E-state index in [1.807, 2.05) is 0 Å². The van der Waals surface area contributed by atoms with Gasteiger partial charge < -0.3 is 0 Å². The summed E-state index contributed by atoms with van der Waals surface area (Å²) in [5.74, 6) is 1.11. The first-order chi connectivity index (χ1) is 9.61. The topological polar surface area (TPSA) is 9.23 Å². The summed E-state index contributed by atoms with van der Waals surface area (Å²) in [6.07, 6.45) is 2.15. The molecule has 21 heavy (non-hydrogen) atoms. The predicted octanol–water partition coefficient (Wildman–Crippen LogP) is 5.81. The third-order valence-corrected chi connectivity index (χ3v) is 25.3. The van der Waals surface area contributed by atoms with Crippen LogP contribution < -0.4 is 0 Å². The van der Waals surface area contributed by atoms with Crippen LogP contribution in [0.3, 0.4) is 0 Å². The first-order valence-electron chi connectivity index (χ1n) is 7.85. The molecule has 0 spiro atoms. The second-order valence-corrected chi connectivity index (χ2v) is 26.2. The van der Waals surface area contributed by atoms with Crippen molar-refractivity contribution < 1.29 is 3.76 Å². The predicted molar refractivity (Wildman–Crippen MR) is 103 cm³/mol. The Labute approximate surface area is 138 Å². The van der Waals surface area contributed by atoms with Gasteiger partial charge in [0.2, 0.25) is 0 Å². The van der Waals surface area contributed by atoms with Gasteiger partial charge >= 0.3 is 138 Å². The molecule has 0 aliphatic rings. The van der Waals surface area contributed by atoms with Crippen LogP contribution in [0.25, 0.3) is 5.76 Å². The molecule has 0 saturated heterocycles. The summed E-state index contributed by atoms with van der Waals surface area (Å²) in [5.41, 5.74) is 1.23. The zero-order valence-electron chi connectivity index (χ0n) is 14.8. The van der Waals surface area contributed by atoms with Gasteiger partial charge in [-0.2, -0.15) is 0 Å². The Morgan fingerprint density at radius 1 is 0.952 bits per heavy atom. The van der Waals surface area contributed by atoms with Crippen molar-refractivity contribution in [1.29, 1.82) is 0 Å². The van der Waals surface area contributed by atoms with Crippen LogP contribution in [-0.2, 0) is 3.76 Å². The molecular weight excluding hydrogens is 349 g/mol. The van der Waals surface area contributed by atoms with Gasteiger partial charge in [-0.15, -0.1) is 0 Å². The van der Waals surface area contributed by atoms with Crippen molar-refractivity contribution in [2.45, 2.75) is 56.0 Å². The van der Waals surface area contributed by atoms with E-state index >= 15 is 0 Å². The van der Waals surface area contributed by atoms with Crippen LogP contribution in [0.5, 0.6) is 0 Å². The molecule has 0 aromatic heterocycles. The van der Waals surface area contributed by atoms with Crippen molar-refractivity contribution >= 4 is 36.6 Å². The Bertz CT molecular complexity index is 442. The molecule has 4 heteroatoms. The second-order valence-electron chi connectivity index (χ2n) is 8.13. The van der Waals surface area contributed by atoms with Crippen LogP contribution in [0.15, 0.2) is 36.4 Å². The molecule has 117 valence electrons. The monoisotopic (exact) mass is 381 g/mol. The molecular formula is C17H31GeOSi2. The van der Waals surface area contributed by atoms with Crippen molar-refractivity contribution in [2.24, 2.45) is 0 Å². The van der Waals surface area contributed by atoms with E-state index in [4.69, 9.17) is 3.76 Å². The molecule has 1 rings (SSSR count). The Morgan fingerprint density at radius 2 is 1.43 bits per heavy atom. The van der Waals surface area contributed by atoms with E-state index in [0.29, 0.717) is 0 Å². The number of allylic oxidation sites excluding steroid dienone is 1. The zero-order chi connectivity index (χ0) is 16.1. The summed E-state index contributed by atoms with van der Waals surface area (Å²) >= 11 is -1.48. The summed E-state index contributed by atoms with van der Waals surface area (Å²) in [5, 5.41) is 0. The third-order valence-electron chi connectivity index (χ3n) is 3.03. The molecule has 0 aliphatic carbocycles. The van der Waals surface area contributed by atoms with E-state index in [1.54, 1.807) is 0 Å². The molecule has 1 aromatic carbocycles. The van der Waals surface area contributed by atoms with Crippen molar-refractivity contribution in [1.82, 2.24) is 0 Å². The molecule has 0 aliphatic heterocycles. The van der Waals surface area contributed by atoms with Gasteiger partial charge in [-0.05, 0) is 0 Å². The molecule has 1 aromatic rings. The molecule has 0 fully saturated rings. The van der Waals surface area contributed by atoms with Crippen molar-refractivity contribution in [3.05, 3.63) is 42.0 Å². The minimum atomic E-state index is -1.48. The molecule has 1 nitrogen and oxygen atoms in total. The van der Waals surface area contributed by atoms with Gasteiger partial charge in [0.1, 0.15) is 0 Å². The van der Waals surface area contributed by atoms with Gasteiger partial charge in [-0.25, -0.2) is 0 Å². The normalized spacial score (nSPS) is 13.6. The van der Waals surface area contributed by atoms with Crippen LogP contribution in [0.1, 0.15) is 12.5 Å². The van der Waals surface area contributed by atoms with Crippen molar-refractivity contribution in [3.8, 4) is 0 Å². The summed E-state index contributed by atoms with van der Waals surface area (Å²) in [6, 6.07) is 10.6. The molecule has 0 N–H and O–H groups in total. The quantitative estimate of drug-likeness (QED) is 0.429. The first kappa shape index (κ1) is 18.8. The summed E-state index contributed by atoms with van der Waals surface area (Å²) in [4.78, 5) is 2.81. The maximum absolute atomic E-state index is 6.64. The fourth-order valence-corrected chi connectivity index (χ4v) is 24.7. The maximum atomic E-state index is 6.64. The van der Waals surface area contributed by atoms with E-state index in [2.05, 4.69) is 82.6 Å². The number of hydrogen-bond donors (Lipinski definition) is 0. The number of rotatable bonds is 7. The Balaban J connectivity index is 2.88. The summed E-state index contributed by atoms with van der Waals surface area (Å²) < 4.78 is 6.64. The van der Waals surface area contributed by atoms with Crippen molar-refractivity contribution in [3.63, 3.8) is 0 Å². The Kier molecular flexibility index (Phi) is 7.01. The molecule has 0 amide bonds. The van der Waals surface area contributed by atoms with Gasteiger partial charge in [-0.3, -0.25) is 0 Å². The molecule has 0 bridgehead atoms. The van der Waals surface area contributed by atoms with Crippen molar-refractivity contribution in [2.75, 3.05) is 0 Å².